The van der Waals surface area contributed by atoms with E-state index < -0.39 is 0 Å². The van der Waals surface area contributed by atoms with Gasteiger partial charge in [0.15, 0.2) is 23.0 Å². The van der Waals surface area contributed by atoms with Gasteiger partial charge in [0.25, 0.3) is 0 Å². The lowest BCUT2D eigenvalue weighted by atomic mass is 9.95. The van der Waals surface area contributed by atoms with Crippen LogP contribution in [0.15, 0.2) is 47.3 Å². The van der Waals surface area contributed by atoms with Crippen LogP contribution < -0.4 is 39.7 Å². The number of para-hydroxylation sites is 1. The molecule has 39 heavy (non-hydrogen) atoms. The number of fused-ring (bicyclic) bond motifs is 3. The lowest BCUT2D eigenvalue weighted by Crippen LogP contribution is -2.26. The summed E-state index contributed by atoms with van der Waals surface area (Å²) in [6.45, 7) is 1.81. The van der Waals surface area contributed by atoms with E-state index in [-0.39, 0.29) is 17.4 Å². The highest BCUT2D eigenvalue weighted by Crippen LogP contribution is 2.50. The number of amides is 1. The zero-order chi connectivity index (χ0) is 28.1. The maximum absolute atomic E-state index is 13.5. The molecule has 1 aliphatic rings. The average Bonchev–Trinajstić information content (AvgIpc) is 3.18. The molecule has 0 saturated carbocycles. The summed E-state index contributed by atoms with van der Waals surface area (Å²) < 4.78 is 28.0. The van der Waals surface area contributed by atoms with Crippen LogP contribution in [-0.4, -0.2) is 41.5 Å². The number of anilines is 1. The van der Waals surface area contributed by atoms with Crippen LogP contribution in [0.4, 0.5) is 5.69 Å². The third-order valence-electron chi connectivity index (χ3n) is 6.87. The molecule has 3 aromatic carbocycles. The van der Waals surface area contributed by atoms with Crippen molar-refractivity contribution < 1.29 is 28.5 Å². The molecule has 1 aliphatic carbocycles. The summed E-state index contributed by atoms with van der Waals surface area (Å²) >= 11 is 0. The summed E-state index contributed by atoms with van der Waals surface area (Å²) in [5, 5.41) is 6.27. The Morgan fingerprint density at radius 2 is 1.59 bits per heavy atom. The number of benzene rings is 2. The van der Waals surface area contributed by atoms with E-state index in [4.69, 9.17) is 23.7 Å². The van der Waals surface area contributed by atoms with Gasteiger partial charge in [-0.1, -0.05) is 18.2 Å². The molecule has 9 heteroatoms. The molecule has 1 atom stereocenters. The lowest BCUT2D eigenvalue weighted by molar-refractivity contribution is -0.119. The molecule has 9 nitrogen and oxygen atoms in total. The normalized spacial score (nSPS) is 13.7. The molecule has 0 saturated heterocycles. The zero-order valence-electron chi connectivity index (χ0n) is 23.1. The summed E-state index contributed by atoms with van der Waals surface area (Å²) in [5.74, 6) is 2.54. The molecule has 0 bridgehead atoms. The van der Waals surface area contributed by atoms with Gasteiger partial charge in [-0.3, -0.25) is 9.59 Å². The molecule has 0 aliphatic heterocycles. The van der Waals surface area contributed by atoms with Crippen molar-refractivity contribution in [3.8, 4) is 39.9 Å². The molecule has 0 aromatic heterocycles. The Balaban J connectivity index is 1.88. The van der Waals surface area contributed by atoms with Crippen molar-refractivity contribution in [2.24, 2.45) is 0 Å². The van der Waals surface area contributed by atoms with E-state index in [1.807, 2.05) is 30.3 Å². The van der Waals surface area contributed by atoms with Crippen molar-refractivity contribution >= 4 is 11.6 Å². The monoisotopic (exact) mass is 534 g/mol. The fourth-order valence-electron chi connectivity index (χ4n) is 5.14. The molecule has 0 radical (unpaired) electrons. The van der Waals surface area contributed by atoms with E-state index in [0.717, 1.165) is 22.3 Å². The van der Waals surface area contributed by atoms with E-state index >= 15 is 0 Å². The molecule has 4 rings (SSSR count). The van der Waals surface area contributed by atoms with Crippen LogP contribution in [0.1, 0.15) is 36.1 Å². The van der Waals surface area contributed by atoms with E-state index in [9.17, 15) is 9.59 Å². The van der Waals surface area contributed by atoms with Gasteiger partial charge in [0.05, 0.1) is 47.3 Å². The number of carbonyl (C=O) groups is 1. The first-order valence-corrected chi connectivity index (χ1v) is 12.6. The van der Waals surface area contributed by atoms with E-state index in [0.29, 0.717) is 59.4 Å². The first-order valence-electron chi connectivity index (χ1n) is 12.6. The second kappa shape index (κ2) is 12.0. The Hall–Kier alpha value is -4.40. The van der Waals surface area contributed by atoms with E-state index in [2.05, 4.69) is 10.6 Å². The quantitative estimate of drug-likeness (QED) is 0.414. The Morgan fingerprint density at radius 3 is 2.23 bits per heavy atom. The van der Waals surface area contributed by atoms with Gasteiger partial charge in [-0.2, -0.15) is 0 Å². The molecule has 0 heterocycles. The highest BCUT2D eigenvalue weighted by atomic mass is 16.5. The average molecular weight is 535 g/mol. The van der Waals surface area contributed by atoms with Gasteiger partial charge >= 0.3 is 0 Å². The van der Waals surface area contributed by atoms with Crippen LogP contribution in [0.2, 0.25) is 0 Å². The number of carbonyl (C=O) groups excluding carboxylic acids is 1. The van der Waals surface area contributed by atoms with Crippen LogP contribution in [0.25, 0.3) is 11.1 Å². The Labute approximate surface area is 228 Å². The van der Waals surface area contributed by atoms with Crippen molar-refractivity contribution in [3.05, 3.63) is 69.4 Å². The fourth-order valence-corrected chi connectivity index (χ4v) is 5.14. The summed E-state index contributed by atoms with van der Waals surface area (Å²) in [5.41, 5.74) is 4.26. The van der Waals surface area contributed by atoms with E-state index in [1.54, 1.807) is 47.7 Å². The highest BCUT2D eigenvalue weighted by Gasteiger charge is 2.29. The fraction of sp³-hybridized carbons (Fsp3) is 0.333. The molecule has 0 fully saturated rings. The van der Waals surface area contributed by atoms with Crippen LogP contribution in [0.3, 0.4) is 0 Å². The van der Waals surface area contributed by atoms with Gasteiger partial charge in [0.1, 0.15) is 0 Å². The second-order valence-electron chi connectivity index (χ2n) is 9.10. The molecule has 0 spiro atoms. The van der Waals surface area contributed by atoms with Crippen molar-refractivity contribution in [1.82, 2.24) is 5.32 Å². The molecule has 1 amide bonds. The van der Waals surface area contributed by atoms with Gasteiger partial charge in [-0.05, 0) is 53.8 Å². The maximum atomic E-state index is 13.5. The highest BCUT2D eigenvalue weighted by molar-refractivity contribution is 5.83. The first-order chi connectivity index (χ1) is 18.9. The Morgan fingerprint density at radius 1 is 0.872 bits per heavy atom. The third-order valence-corrected chi connectivity index (χ3v) is 6.87. The van der Waals surface area contributed by atoms with Crippen molar-refractivity contribution in [2.75, 3.05) is 40.9 Å². The number of nitrogens with one attached hydrogen (secondary N) is 2. The summed E-state index contributed by atoms with van der Waals surface area (Å²) in [6.07, 6.45) is 1.22. The number of hydrogen-bond acceptors (Lipinski definition) is 8. The van der Waals surface area contributed by atoms with Gasteiger partial charge < -0.3 is 34.3 Å². The van der Waals surface area contributed by atoms with Gasteiger partial charge in [-0.15, -0.1) is 0 Å². The van der Waals surface area contributed by atoms with Crippen molar-refractivity contribution in [2.45, 2.75) is 32.4 Å². The second-order valence-corrected chi connectivity index (χ2v) is 9.10. The number of rotatable bonds is 9. The molecular formula is C30H34N2O7. The zero-order valence-corrected chi connectivity index (χ0v) is 23.1. The number of hydrogen-bond donors (Lipinski definition) is 2. The predicted molar refractivity (Wildman–Crippen MR) is 150 cm³/mol. The topological polar surface area (TPSA) is 104 Å². The number of ether oxygens (including phenoxy) is 5. The predicted octanol–water partition coefficient (Wildman–Crippen LogP) is 4.49. The van der Waals surface area contributed by atoms with Crippen LogP contribution in [0.5, 0.6) is 28.7 Å². The standard InChI is InChI=1S/C30H34N2O7/c1-17(33)32-22-12-10-18-14-26(36-3)29(38-5)30(39-6)27(18)20-11-13-23(24(34)15-21(20)22)31-16-19-8-7-9-25(35-2)28(19)37-4/h7-9,11,13-15,22H,10,12,16H2,1-6H3,(H,31,34)(H,32,33)/t22-/m1/s1. The number of aryl methyl sites for hydroxylation is 1. The van der Waals surface area contributed by atoms with Crippen LogP contribution >= 0.6 is 0 Å². The molecule has 2 N–H and O–H groups in total. The smallest absolute Gasteiger partial charge is 0.217 e. The van der Waals surface area contributed by atoms with Gasteiger partial charge in [0.2, 0.25) is 17.1 Å². The molecule has 206 valence electrons. The maximum Gasteiger partial charge on any atom is 0.217 e. The molecule has 3 aromatic rings. The minimum absolute atomic E-state index is 0.179. The van der Waals surface area contributed by atoms with Crippen molar-refractivity contribution in [3.63, 3.8) is 0 Å². The summed E-state index contributed by atoms with van der Waals surface area (Å²) in [7, 11) is 7.87. The summed E-state index contributed by atoms with van der Waals surface area (Å²) in [6, 6.07) is 12.4. The van der Waals surface area contributed by atoms with Gasteiger partial charge in [-0.25, -0.2) is 0 Å². The van der Waals surface area contributed by atoms with E-state index in [1.165, 1.54) is 6.92 Å². The summed E-state index contributed by atoms with van der Waals surface area (Å²) in [4.78, 5) is 25.7. The largest absolute Gasteiger partial charge is 0.493 e. The lowest BCUT2D eigenvalue weighted by Gasteiger charge is -2.19. The number of methoxy groups -OCH3 is 5. The Kier molecular flexibility index (Phi) is 8.49. The Bertz CT molecular complexity index is 1440. The minimum Gasteiger partial charge on any atom is -0.493 e. The third kappa shape index (κ3) is 5.43. The molecular weight excluding hydrogens is 500 g/mol. The van der Waals surface area contributed by atoms with Crippen LogP contribution in [0, 0.1) is 0 Å². The van der Waals surface area contributed by atoms with Crippen LogP contribution in [-0.2, 0) is 17.8 Å². The SMILES string of the molecule is COc1cccc(CNc2ccc3c(cc2=O)[C@H](NC(C)=O)CCc2cc(OC)c(OC)c(OC)c2-3)c1OC. The van der Waals surface area contributed by atoms with Crippen molar-refractivity contribution in [1.29, 1.82) is 0 Å². The minimum atomic E-state index is -0.377. The van der Waals surface area contributed by atoms with Gasteiger partial charge in [0, 0.05) is 24.6 Å². The first kappa shape index (κ1) is 27.6. The molecule has 0 unspecified atom stereocenters.